The Kier molecular flexibility index (Phi) is 8.02. The van der Waals surface area contributed by atoms with Crippen LogP contribution in [-0.2, 0) is 4.79 Å². The molecule has 5 rings (SSSR count). The minimum absolute atomic E-state index is 0.235. The second kappa shape index (κ2) is 11.8. The lowest BCUT2D eigenvalue weighted by atomic mass is 9.95. The van der Waals surface area contributed by atoms with Crippen LogP contribution in [0.4, 0.5) is 11.6 Å². The normalized spacial score (nSPS) is 15.0. The molecule has 4 aromatic rings. The molecule has 40 heavy (non-hydrogen) atoms. The Hall–Kier alpha value is -4.37. The molecule has 1 N–H and O–H groups in total. The highest BCUT2D eigenvalue weighted by atomic mass is 32.1. The van der Waals surface area contributed by atoms with Crippen molar-refractivity contribution in [2.24, 2.45) is 4.99 Å². The van der Waals surface area contributed by atoms with Crippen LogP contribution in [0, 0.1) is 0 Å². The quantitative estimate of drug-likeness (QED) is 0.323. The molecule has 2 aromatic heterocycles. The first kappa shape index (κ1) is 27.2. The van der Waals surface area contributed by atoms with Gasteiger partial charge in [0.1, 0.15) is 11.5 Å². The molecule has 1 amide bonds. The van der Waals surface area contributed by atoms with Crippen molar-refractivity contribution in [3.05, 3.63) is 109 Å². The number of amides is 1. The maximum absolute atomic E-state index is 13.9. The van der Waals surface area contributed by atoms with Crippen molar-refractivity contribution in [2.75, 3.05) is 29.9 Å². The molecule has 0 aliphatic carbocycles. The number of hydrogen-bond donors (Lipinski definition) is 1. The Morgan fingerprint density at radius 2 is 1.80 bits per heavy atom. The molecule has 8 nitrogen and oxygen atoms in total. The standard InChI is InChI=1S/C31H32N4O4S/c1-5-34(6-2)26-18-17-24(39-26)19-25-30(37)35-28(21-13-15-23(16-14-21)38-7-3)27(20(4)32-31(35)40-25)29(36)33-22-11-9-8-10-12-22/h8-19,28H,5-7H2,1-4H3,(H,33,36)/b25-19-/t28-/m0/s1. The smallest absolute Gasteiger partial charge is 0.271 e. The molecule has 0 spiro atoms. The van der Waals surface area contributed by atoms with Crippen LogP contribution < -0.4 is 29.8 Å². The zero-order chi connectivity index (χ0) is 28.2. The molecule has 1 aliphatic rings. The molecule has 0 saturated heterocycles. The van der Waals surface area contributed by atoms with E-state index < -0.39 is 6.04 Å². The van der Waals surface area contributed by atoms with Gasteiger partial charge in [-0.05, 0) is 63.6 Å². The highest BCUT2D eigenvalue weighted by Gasteiger charge is 2.32. The molecule has 0 bridgehead atoms. The van der Waals surface area contributed by atoms with Gasteiger partial charge in [0.05, 0.1) is 28.5 Å². The summed E-state index contributed by atoms with van der Waals surface area (Å²) in [4.78, 5) is 34.9. The number of nitrogens with one attached hydrogen (secondary N) is 1. The topological polar surface area (TPSA) is 89.1 Å². The first-order chi connectivity index (χ1) is 19.4. The van der Waals surface area contributed by atoms with E-state index in [2.05, 4.69) is 24.1 Å². The molecule has 206 valence electrons. The number of carbonyl (C=O) groups excluding carboxylic acids is 1. The van der Waals surface area contributed by atoms with Crippen LogP contribution in [0.2, 0.25) is 0 Å². The maximum Gasteiger partial charge on any atom is 0.271 e. The summed E-state index contributed by atoms with van der Waals surface area (Å²) in [5.41, 5.74) is 2.18. The predicted octanol–water partition coefficient (Wildman–Crippen LogP) is 4.71. The van der Waals surface area contributed by atoms with Gasteiger partial charge in [0.2, 0.25) is 0 Å². The number of thiazole rings is 1. The fourth-order valence-corrected chi connectivity index (χ4v) is 5.84. The number of para-hydroxylation sites is 1. The molecule has 1 aliphatic heterocycles. The van der Waals surface area contributed by atoms with Gasteiger partial charge in [-0.2, -0.15) is 0 Å². The van der Waals surface area contributed by atoms with Gasteiger partial charge < -0.3 is 19.4 Å². The lowest BCUT2D eigenvalue weighted by molar-refractivity contribution is -0.113. The van der Waals surface area contributed by atoms with E-state index in [1.165, 1.54) is 11.3 Å². The Bertz CT molecular complexity index is 1710. The Morgan fingerprint density at radius 3 is 2.48 bits per heavy atom. The molecule has 3 heterocycles. The lowest BCUT2D eigenvalue weighted by Crippen LogP contribution is -2.40. The zero-order valence-electron chi connectivity index (χ0n) is 23.0. The number of benzene rings is 2. The molecule has 0 unspecified atom stereocenters. The van der Waals surface area contributed by atoms with Crippen LogP contribution in [-0.4, -0.2) is 30.2 Å². The van der Waals surface area contributed by atoms with Crippen molar-refractivity contribution in [1.82, 2.24) is 4.57 Å². The van der Waals surface area contributed by atoms with E-state index >= 15 is 0 Å². The van der Waals surface area contributed by atoms with E-state index in [1.54, 1.807) is 17.6 Å². The number of fused-ring (bicyclic) bond motifs is 1. The van der Waals surface area contributed by atoms with Gasteiger partial charge in [-0.3, -0.25) is 14.2 Å². The summed E-state index contributed by atoms with van der Waals surface area (Å²) in [5.74, 6) is 1.75. The van der Waals surface area contributed by atoms with Crippen molar-refractivity contribution in [1.29, 1.82) is 0 Å². The summed E-state index contributed by atoms with van der Waals surface area (Å²) < 4.78 is 13.7. The first-order valence-corrected chi connectivity index (χ1v) is 14.2. The Morgan fingerprint density at radius 1 is 1.07 bits per heavy atom. The number of allylic oxidation sites excluding steroid dienone is 1. The van der Waals surface area contributed by atoms with Crippen LogP contribution in [0.25, 0.3) is 6.08 Å². The van der Waals surface area contributed by atoms with Crippen molar-refractivity contribution in [3.63, 3.8) is 0 Å². The van der Waals surface area contributed by atoms with Gasteiger partial charge in [-0.15, -0.1) is 0 Å². The van der Waals surface area contributed by atoms with E-state index in [-0.39, 0.29) is 11.5 Å². The predicted molar refractivity (Wildman–Crippen MR) is 159 cm³/mol. The number of carbonyl (C=O) groups is 1. The fourth-order valence-electron chi connectivity index (χ4n) is 4.81. The minimum atomic E-state index is -0.666. The molecule has 9 heteroatoms. The zero-order valence-corrected chi connectivity index (χ0v) is 23.8. The molecular weight excluding hydrogens is 524 g/mol. The number of anilines is 2. The number of furan rings is 1. The summed E-state index contributed by atoms with van der Waals surface area (Å²) in [5, 5.41) is 2.97. The third-order valence-electron chi connectivity index (χ3n) is 6.77. The summed E-state index contributed by atoms with van der Waals surface area (Å²) >= 11 is 1.28. The van der Waals surface area contributed by atoms with E-state index in [0.29, 0.717) is 38.7 Å². The average molecular weight is 557 g/mol. The van der Waals surface area contributed by atoms with E-state index in [9.17, 15) is 9.59 Å². The highest BCUT2D eigenvalue weighted by Crippen LogP contribution is 2.32. The van der Waals surface area contributed by atoms with Crippen LogP contribution in [0.3, 0.4) is 0 Å². The average Bonchev–Trinajstić information content (AvgIpc) is 3.54. The number of ether oxygens (including phenoxy) is 1. The van der Waals surface area contributed by atoms with Crippen LogP contribution >= 0.6 is 11.3 Å². The van der Waals surface area contributed by atoms with Crippen molar-refractivity contribution >= 4 is 34.9 Å². The molecule has 0 radical (unpaired) electrons. The van der Waals surface area contributed by atoms with E-state index in [0.717, 1.165) is 30.3 Å². The molecule has 0 fully saturated rings. The summed E-state index contributed by atoms with van der Waals surface area (Å²) in [6.07, 6.45) is 1.75. The van der Waals surface area contributed by atoms with Crippen molar-refractivity contribution < 1.29 is 13.9 Å². The van der Waals surface area contributed by atoms with Gasteiger partial charge >= 0.3 is 0 Å². The van der Waals surface area contributed by atoms with Crippen molar-refractivity contribution in [2.45, 2.75) is 33.7 Å². The Balaban J connectivity index is 1.62. The van der Waals surface area contributed by atoms with Gasteiger partial charge in [0, 0.05) is 30.9 Å². The highest BCUT2D eigenvalue weighted by molar-refractivity contribution is 7.07. The second-order valence-electron chi connectivity index (χ2n) is 9.25. The maximum atomic E-state index is 13.9. The monoisotopic (exact) mass is 556 g/mol. The first-order valence-electron chi connectivity index (χ1n) is 13.4. The SMILES string of the molecule is CCOc1ccc([C@H]2C(C(=O)Nc3ccccc3)=C(C)N=c3s/c(=C\c4ccc(N(CC)CC)o4)c(=O)n32)cc1. The third kappa shape index (κ3) is 5.37. The third-order valence-corrected chi connectivity index (χ3v) is 7.75. The Labute approximate surface area is 236 Å². The molecule has 1 atom stereocenters. The fraction of sp³-hybridized carbons (Fsp3) is 0.258. The summed E-state index contributed by atoms with van der Waals surface area (Å²) in [6, 6.07) is 19.9. The van der Waals surface area contributed by atoms with E-state index in [1.807, 2.05) is 73.7 Å². The number of nitrogens with zero attached hydrogens (tertiary/aromatic N) is 3. The molecular formula is C31H32N4O4S. The minimum Gasteiger partial charge on any atom is -0.494 e. The molecule has 0 saturated carbocycles. The largest absolute Gasteiger partial charge is 0.494 e. The van der Waals surface area contributed by atoms with Gasteiger partial charge in [-0.25, -0.2) is 4.99 Å². The summed E-state index contributed by atoms with van der Waals surface area (Å²) in [6.45, 7) is 10.1. The van der Waals surface area contributed by atoms with Crippen LogP contribution in [0.1, 0.15) is 45.1 Å². The molecule has 2 aromatic carbocycles. The second-order valence-corrected chi connectivity index (χ2v) is 10.3. The van der Waals surface area contributed by atoms with E-state index in [4.69, 9.17) is 14.1 Å². The van der Waals surface area contributed by atoms with Crippen molar-refractivity contribution in [3.8, 4) is 5.75 Å². The van der Waals surface area contributed by atoms with Gasteiger partial charge in [0.25, 0.3) is 11.5 Å². The van der Waals surface area contributed by atoms with Gasteiger partial charge in [0.15, 0.2) is 10.7 Å². The number of aromatic nitrogens is 1. The van der Waals surface area contributed by atoms with Crippen LogP contribution in [0.5, 0.6) is 5.75 Å². The summed E-state index contributed by atoms with van der Waals surface area (Å²) in [7, 11) is 0. The number of hydrogen-bond acceptors (Lipinski definition) is 7. The lowest BCUT2D eigenvalue weighted by Gasteiger charge is -2.25. The number of rotatable bonds is 9. The van der Waals surface area contributed by atoms with Crippen LogP contribution in [0.15, 0.2) is 92.2 Å². The van der Waals surface area contributed by atoms with Gasteiger partial charge in [-0.1, -0.05) is 41.7 Å².